The van der Waals surface area contributed by atoms with E-state index in [0.29, 0.717) is 12.0 Å². The van der Waals surface area contributed by atoms with Crippen molar-refractivity contribution in [3.05, 3.63) is 77.9 Å². The van der Waals surface area contributed by atoms with Gasteiger partial charge in [0.15, 0.2) is 0 Å². The molecule has 2 aromatic carbocycles. The van der Waals surface area contributed by atoms with Crippen LogP contribution >= 0.6 is 0 Å². The monoisotopic (exact) mass is 503 g/mol. The number of benzene rings is 2. The van der Waals surface area contributed by atoms with E-state index in [9.17, 15) is 14.4 Å². The minimum atomic E-state index is -1.13. The Morgan fingerprint density at radius 1 is 1.14 bits per heavy atom. The molecule has 3 atom stereocenters. The van der Waals surface area contributed by atoms with Crippen LogP contribution in [0.1, 0.15) is 63.8 Å². The smallest absolute Gasteiger partial charge is 0.408 e. The number of carbonyl (C=O) groups excluding carboxylic acids is 3. The molecule has 0 radical (unpaired) electrons. The van der Waals surface area contributed by atoms with Crippen LogP contribution in [0.3, 0.4) is 0 Å². The van der Waals surface area contributed by atoms with Gasteiger partial charge in [0.05, 0.1) is 0 Å². The predicted molar refractivity (Wildman–Crippen MR) is 146 cm³/mol. The highest BCUT2D eigenvalue weighted by Gasteiger charge is 2.37. The molecule has 0 aromatic heterocycles. The van der Waals surface area contributed by atoms with E-state index in [1.807, 2.05) is 50.2 Å². The van der Waals surface area contributed by atoms with Crippen molar-refractivity contribution in [2.45, 2.75) is 65.3 Å². The maximum atomic E-state index is 13.8. The zero-order valence-electron chi connectivity index (χ0n) is 22.3. The van der Waals surface area contributed by atoms with E-state index >= 15 is 0 Å². The molecule has 0 fully saturated rings. The lowest BCUT2D eigenvalue weighted by molar-refractivity contribution is -0.139. The first-order chi connectivity index (χ1) is 17.5. The highest BCUT2D eigenvalue weighted by atomic mass is 16.6. The number of alkyl carbamates (subject to hydrolysis) is 1. The number of nitrogens with one attached hydrogen (secondary N) is 2. The highest BCUT2D eigenvalue weighted by molar-refractivity contribution is 5.93. The third-order valence-corrected chi connectivity index (χ3v) is 5.81. The molecule has 0 saturated carbocycles. The molecular formula is C30H37N3O4. The number of hydrogen-bond donors (Lipinski definition) is 2. The normalized spacial score (nSPS) is 13.3. The number of hydrogen-bond acceptors (Lipinski definition) is 4. The summed E-state index contributed by atoms with van der Waals surface area (Å²) in [6.45, 7) is 13.0. The lowest BCUT2D eigenvalue weighted by atomic mass is 9.95. The zero-order valence-corrected chi connectivity index (χ0v) is 22.3. The van der Waals surface area contributed by atoms with Crippen LogP contribution in [-0.2, 0) is 20.9 Å². The van der Waals surface area contributed by atoms with Gasteiger partial charge in [-0.3, -0.25) is 14.5 Å². The Kier molecular flexibility index (Phi) is 10.5. The highest BCUT2D eigenvalue weighted by Crippen LogP contribution is 2.25. The van der Waals surface area contributed by atoms with Crippen molar-refractivity contribution < 1.29 is 19.1 Å². The number of rotatable bonds is 10. The van der Waals surface area contributed by atoms with Crippen LogP contribution in [0.2, 0.25) is 0 Å². The average molecular weight is 504 g/mol. The minimum Gasteiger partial charge on any atom is -0.444 e. The molecule has 0 saturated heterocycles. The van der Waals surface area contributed by atoms with Gasteiger partial charge in [-0.1, -0.05) is 87.9 Å². The van der Waals surface area contributed by atoms with Gasteiger partial charge in [-0.15, -0.1) is 0 Å². The maximum Gasteiger partial charge on any atom is 0.408 e. The number of ether oxygens (including phenoxy) is 1. The minimum absolute atomic E-state index is 0.259. The predicted octanol–water partition coefficient (Wildman–Crippen LogP) is 5.05. The van der Waals surface area contributed by atoms with E-state index in [-0.39, 0.29) is 12.5 Å². The van der Waals surface area contributed by atoms with Crippen molar-refractivity contribution in [3.63, 3.8) is 0 Å². The fourth-order valence-electron chi connectivity index (χ4n) is 3.69. The molecule has 0 aliphatic rings. The van der Waals surface area contributed by atoms with E-state index in [1.54, 1.807) is 45.0 Å². The van der Waals surface area contributed by atoms with Crippen molar-refractivity contribution in [2.24, 2.45) is 5.92 Å². The lowest BCUT2D eigenvalue weighted by Crippen LogP contribution is -2.53. The summed E-state index contributed by atoms with van der Waals surface area (Å²) in [5.41, 5.74) is 1.45. The molecule has 0 heterocycles. The van der Waals surface area contributed by atoms with Crippen LogP contribution in [0.4, 0.5) is 4.79 Å². The lowest BCUT2D eigenvalue weighted by Gasteiger charge is -2.32. The van der Waals surface area contributed by atoms with Gasteiger partial charge in [0.1, 0.15) is 17.7 Å². The summed E-state index contributed by atoms with van der Waals surface area (Å²) >= 11 is 0. The summed E-state index contributed by atoms with van der Waals surface area (Å²) in [4.78, 5) is 41.0. The van der Waals surface area contributed by atoms with Crippen molar-refractivity contribution in [3.8, 4) is 12.5 Å². The van der Waals surface area contributed by atoms with E-state index in [4.69, 9.17) is 11.2 Å². The SMILES string of the molecule is C#CN(C(=O)C(NC(=O)OC(C)(C)C)C(C)CC)C(C(=O)NCc1ccccc1)c1cccc(C=C)c1. The molecule has 0 aliphatic heterocycles. The van der Waals surface area contributed by atoms with E-state index < -0.39 is 35.6 Å². The third-order valence-electron chi connectivity index (χ3n) is 5.81. The summed E-state index contributed by atoms with van der Waals surface area (Å²) < 4.78 is 5.37. The van der Waals surface area contributed by atoms with E-state index in [1.165, 1.54) is 0 Å². The molecule has 7 nitrogen and oxygen atoms in total. The Hall–Kier alpha value is -4.05. The van der Waals surface area contributed by atoms with Gasteiger partial charge in [-0.25, -0.2) is 4.79 Å². The second kappa shape index (κ2) is 13.3. The molecule has 2 rings (SSSR count). The van der Waals surface area contributed by atoms with E-state index in [2.05, 4.69) is 23.3 Å². The molecule has 3 unspecified atom stereocenters. The van der Waals surface area contributed by atoms with Crippen LogP contribution in [-0.4, -0.2) is 34.5 Å². The first-order valence-electron chi connectivity index (χ1n) is 12.3. The van der Waals surface area contributed by atoms with Gasteiger partial charge in [0.25, 0.3) is 5.91 Å². The molecule has 7 heteroatoms. The molecule has 196 valence electrons. The molecule has 0 bridgehead atoms. The van der Waals surface area contributed by atoms with Crippen molar-refractivity contribution in [1.29, 1.82) is 0 Å². The number of carbonyl (C=O) groups is 3. The van der Waals surface area contributed by atoms with Gasteiger partial charge < -0.3 is 15.4 Å². The number of terminal acetylenes is 1. The van der Waals surface area contributed by atoms with Gasteiger partial charge in [-0.05, 0) is 49.4 Å². The zero-order chi connectivity index (χ0) is 27.6. The molecule has 37 heavy (non-hydrogen) atoms. The van der Waals surface area contributed by atoms with Crippen LogP contribution in [0.15, 0.2) is 61.2 Å². The number of amides is 3. The van der Waals surface area contributed by atoms with Gasteiger partial charge in [0.2, 0.25) is 5.91 Å². The summed E-state index contributed by atoms with van der Waals surface area (Å²) in [5, 5.41) is 5.56. The van der Waals surface area contributed by atoms with Crippen LogP contribution < -0.4 is 10.6 Å². The Morgan fingerprint density at radius 2 is 1.81 bits per heavy atom. The van der Waals surface area contributed by atoms with Crippen molar-refractivity contribution in [2.75, 3.05) is 0 Å². The fraction of sp³-hybridized carbons (Fsp3) is 0.367. The van der Waals surface area contributed by atoms with Crippen LogP contribution in [0, 0.1) is 18.4 Å². The second-order valence-electron chi connectivity index (χ2n) is 9.83. The quantitative estimate of drug-likeness (QED) is 0.351. The Balaban J connectivity index is 2.44. The Morgan fingerprint density at radius 3 is 2.38 bits per heavy atom. The molecule has 0 spiro atoms. The first-order valence-corrected chi connectivity index (χ1v) is 12.3. The second-order valence-corrected chi connectivity index (χ2v) is 9.83. The number of nitrogens with zero attached hydrogens (tertiary/aromatic N) is 1. The largest absolute Gasteiger partial charge is 0.444 e. The summed E-state index contributed by atoms with van der Waals surface area (Å²) in [7, 11) is 0. The maximum absolute atomic E-state index is 13.8. The fourth-order valence-corrected chi connectivity index (χ4v) is 3.69. The summed E-state index contributed by atoms with van der Waals surface area (Å²) in [6, 6.07) is 16.8. The molecule has 2 aromatic rings. The van der Waals surface area contributed by atoms with Crippen molar-refractivity contribution in [1.82, 2.24) is 15.5 Å². The molecule has 3 amide bonds. The van der Waals surface area contributed by atoms with E-state index in [0.717, 1.165) is 16.0 Å². The van der Waals surface area contributed by atoms with Crippen LogP contribution in [0.5, 0.6) is 0 Å². The standard InChI is InChI=1S/C30H37N3O4/c1-8-21(4)25(32-29(36)37-30(5,6)7)28(35)33(10-3)26(24-18-14-17-22(9-2)19-24)27(34)31-20-23-15-12-11-13-16-23/h3,9,11-19,21,25-26H,2,8,20H2,1,4-7H3,(H,31,34)(H,32,36). The van der Waals surface area contributed by atoms with Crippen LogP contribution in [0.25, 0.3) is 6.08 Å². The summed E-state index contributed by atoms with van der Waals surface area (Å²) in [5.74, 6) is -1.30. The van der Waals surface area contributed by atoms with Gasteiger partial charge in [0, 0.05) is 12.6 Å². The average Bonchev–Trinajstić information content (AvgIpc) is 2.87. The third kappa shape index (κ3) is 8.53. The molecule has 0 aliphatic carbocycles. The van der Waals surface area contributed by atoms with Gasteiger partial charge >= 0.3 is 6.09 Å². The van der Waals surface area contributed by atoms with Crippen molar-refractivity contribution >= 4 is 24.0 Å². The molecule has 2 N–H and O–H groups in total. The van der Waals surface area contributed by atoms with Gasteiger partial charge in [-0.2, -0.15) is 0 Å². The summed E-state index contributed by atoms with van der Waals surface area (Å²) in [6.07, 6.45) is 7.35. The first kappa shape index (κ1) is 29.2. The Bertz CT molecular complexity index is 1130. The molecular weight excluding hydrogens is 466 g/mol. The Labute approximate surface area is 220 Å². The topological polar surface area (TPSA) is 87.7 Å².